The Morgan fingerprint density at radius 3 is 2.55 bits per heavy atom. The van der Waals surface area contributed by atoms with E-state index in [0.717, 1.165) is 60.1 Å². The number of hydrogen-bond donors (Lipinski definition) is 2. The smallest absolute Gasteiger partial charge is 0.230 e. The monoisotopic (exact) mass is 412 g/mol. The maximum Gasteiger partial charge on any atom is 0.230 e. The van der Waals surface area contributed by atoms with Crippen LogP contribution >= 0.6 is 0 Å². The van der Waals surface area contributed by atoms with Crippen LogP contribution in [0.15, 0.2) is 66.9 Å². The average molecular weight is 412 g/mol. The summed E-state index contributed by atoms with van der Waals surface area (Å²) in [5.41, 5.74) is 3.05. The van der Waals surface area contributed by atoms with Gasteiger partial charge in [0.2, 0.25) is 5.95 Å². The van der Waals surface area contributed by atoms with Gasteiger partial charge in [-0.1, -0.05) is 24.3 Å². The zero-order chi connectivity index (χ0) is 21.0. The fourth-order valence-corrected chi connectivity index (χ4v) is 3.74. The van der Waals surface area contributed by atoms with Crippen molar-refractivity contribution in [2.45, 2.75) is 6.92 Å². The summed E-state index contributed by atoms with van der Waals surface area (Å²) >= 11 is 0. The minimum absolute atomic E-state index is 0.510. The Balaban J connectivity index is 1.35. The number of morpholine rings is 1. The van der Waals surface area contributed by atoms with Crippen LogP contribution in [0.5, 0.6) is 0 Å². The lowest BCUT2D eigenvalue weighted by Gasteiger charge is -2.28. The fraction of sp³-hybridized carbons (Fsp3) is 0.208. The van der Waals surface area contributed by atoms with Crippen molar-refractivity contribution in [2.24, 2.45) is 0 Å². The summed E-state index contributed by atoms with van der Waals surface area (Å²) in [6, 6.07) is 20.4. The van der Waals surface area contributed by atoms with Gasteiger partial charge in [0.05, 0.1) is 13.2 Å². The molecule has 0 radical (unpaired) electrons. The van der Waals surface area contributed by atoms with Gasteiger partial charge in [-0.05, 0) is 42.6 Å². The quantitative estimate of drug-likeness (QED) is 0.494. The van der Waals surface area contributed by atoms with Crippen LogP contribution in [0, 0.1) is 6.92 Å². The molecule has 7 heteroatoms. The van der Waals surface area contributed by atoms with Crippen LogP contribution in [0.4, 0.5) is 29.0 Å². The van der Waals surface area contributed by atoms with Crippen molar-refractivity contribution >= 4 is 39.7 Å². The molecule has 1 aliphatic heterocycles. The third-order valence-corrected chi connectivity index (χ3v) is 5.27. The summed E-state index contributed by atoms with van der Waals surface area (Å²) in [5, 5.41) is 8.81. The highest BCUT2D eigenvalue weighted by Gasteiger charge is 2.11. The van der Waals surface area contributed by atoms with Gasteiger partial charge in [-0.2, -0.15) is 4.98 Å². The summed E-state index contributed by atoms with van der Waals surface area (Å²) in [5.74, 6) is 1.98. The molecule has 3 heterocycles. The fourth-order valence-electron chi connectivity index (χ4n) is 3.74. The second-order valence-electron chi connectivity index (χ2n) is 7.50. The van der Waals surface area contributed by atoms with Gasteiger partial charge >= 0.3 is 0 Å². The number of benzene rings is 2. The van der Waals surface area contributed by atoms with E-state index in [2.05, 4.69) is 60.8 Å². The Labute approximate surface area is 181 Å². The van der Waals surface area contributed by atoms with Crippen molar-refractivity contribution in [1.82, 2.24) is 15.0 Å². The molecule has 0 saturated carbocycles. The van der Waals surface area contributed by atoms with Crippen LogP contribution in [0.1, 0.15) is 5.69 Å². The Hall–Kier alpha value is -3.71. The van der Waals surface area contributed by atoms with E-state index in [1.165, 1.54) is 5.69 Å². The van der Waals surface area contributed by atoms with E-state index in [1.807, 2.05) is 37.3 Å². The first-order valence-electron chi connectivity index (χ1n) is 10.4. The van der Waals surface area contributed by atoms with Crippen molar-refractivity contribution in [3.63, 3.8) is 0 Å². The molecular weight excluding hydrogens is 388 g/mol. The number of anilines is 5. The average Bonchev–Trinajstić information content (AvgIpc) is 2.80. The first-order valence-corrected chi connectivity index (χ1v) is 10.4. The highest BCUT2D eigenvalue weighted by molar-refractivity contribution is 5.92. The Bertz CT molecular complexity index is 1180. The zero-order valence-corrected chi connectivity index (χ0v) is 17.4. The third-order valence-electron chi connectivity index (χ3n) is 5.27. The first kappa shape index (κ1) is 19.3. The maximum absolute atomic E-state index is 5.43. The van der Waals surface area contributed by atoms with Crippen molar-refractivity contribution in [2.75, 3.05) is 41.8 Å². The molecule has 0 bridgehead atoms. The van der Waals surface area contributed by atoms with Crippen LogP contribution < -0.4 is 15.5 Å². The Kier molecular flexibility index (Phi) is 5.33. The highest BCUT2D eigenvalue weighted by atomic mass is 16.5. The van der Waals surface area contributed by atoms with E-state index >= 15 is 0 Å². The molecule has 0 spiro atoms. The number of aryl methyl sites for hydroxylation is 1. The van der Waals surface area contributed by atoms with E-state index in [4.69, 9.17) is 4.74 Å². The van der Waals surface area contributed by atoms with Gasteiger partial charge in [0, 0.05) is 47.8 Å². The molecule has 5 rings (SSSR count). The number of aromatic nitrogens is 3. The van der Waals surface area contributed by atoms with Crippen LogP contribution in [0.3, 0.4) is 0 Å². The van der Waals surface area contributed by atoms with E-state index < -0.39 is 0 Å². The van der Waals surface area contributed by atoms with E-state index in [-0.39, 0.29) is 0 Å². The molecule has 2 aromatic heterocycles. The summed E-state index contributed by atoms with van der Waals surface area (Å²) in [7, 11) is 0. The molecule has 1 aliphatic rings. The molecule has 1 fully saturated rings. The minimum atomic E-state index is 0.510. The number of nitrogens with zero attached hydrogens (tertiary/aromatic N) is 4. The summed E-state index contributed by atoms with van der Waals surface area (Å²) in [4.78, 5) is 16.0. The van der Waals surface area contributed by atoms with Crippen molar-refractivity contribution in [3.8, 4) is 0 Å². The number of hydrogen-bond acceptors (Lipinski definition) is 7. The summed E-state index contributed by atoms with van der Waals surface area (Å²) < 4.78 is 5.43. The summed E-state index contributed by atoms with van der Waals surface area (Å²) in [6.07, 6.45) is 1.79. The number of nitrogens with one attached hydrogen (secondary N) is 2. The molecule has 0 aliphatic carbocycles. The zero-order valence-electron chi connectivity index (χ0n) is 17.4. The van der Waals surface area contributed by atoms with Crippen LogP contribution in [-0.2, 0) is 4.74 Å². The summed E-state index contributed by atoms with van der Waals surface area (Å²) in [6.45, 7) is 5.36. The first-order chi connectivity index (χ1) is 15.2. The SMILES string of the molecule is Cc1cc(Nc2ccc(N3CCOCC3)cc2)nc(Nc2nccc3ccccc23)n1. The molecule has 0 amide bonds. The van der Waals surface area contributed by atoms with Crippen LogP contribution in [0.2, 0.25) is 0 Å². The number of fused-ring (bicyclic) bond motifs is 1. The lowest BCUT2D eigenvalue weighted by Crippen LogP contribution is -2.36. The predicted molar refractivity (Wildman–Crippen MR) is 125 cm³/mol. The topological polar surface area (TPSA) is 75.2 Å². The van der Waals surface area contributed by atoms with Crippen LogP contribution in [-0.4, -0.2) is 41.3 Å². The van der Waals surface area contributed by atoms with Gasteiger partial charge in [-0.25, -0.2) is 9.97 Å². The second-order valence-corrected chi connectivity index (χ2v) is 7.50. The van der Waals surface area contributed by atoms with Gasteiger partial charge < -0.3 is 20.3 Å². The molecule has 0 atom stereocenters. The Morgan fingerprint density at radius 2 is 1.71 bits per heavy atom. The molecule has 0 unspecified atom stereocenters. The molecule has 7 nitrogen and oxygen atoms in total. The van der Waals surface area contributed by atoms with Gasteiger partial charge in [0.1, 0.15) is 11.6 Å². The standard InChI is InChI=1S/C24H24N6O/c1-17-16-22(27-19-6-8-20(9-7-19)30-12-14-31-15-13-30)28-24(26-17)29-23-21-5-3-2-4-18(21)10-11-25-23/h2-11,16H,12-15H2,1H3,(H2,25,26,27,28,29). The molecule has 1 saturated heterocycles. The van der Waals surface area contributed by atoms with Gasteiger partial charge in [0.25, 0.3) is 0 Å². The van der Waals surface area contributed by atoms with Gasteiger partial charge in [-0.15, -0.1) is 0 Å². The minimum Gasteiger partial charge on any atom is -0.378 e. The highest BCUT2D eigenvalue weighted by Crippen LogP contribution is 2.25. The number of pyridine rings is 1. The molecular formula is C24H24N6O. The van der Waals surface area contributed by atoms with Crippen molar-refractivity contribution in [1.29, 1.82) is 0 Å². The molecule has 31 heavy (non-hydrogen) atoms. The predicted octanol–water partition coefficient (Wildman–Crippen LogP) is 4.66. The largest absolute Gasteiger partial charge is 0.378 e. The second kappa shape index (κ2) is 8.57. The number of rotatable bonds is 5. The molecule has 2 N–H and O–H groups in total. The molecule has 4 aromatic rings. The molecule has 156 valence electrons. The lowest BCUT2D eigenvalue weighted by molar-refractivity contribution is 0.122. The van der Waals surface area contributed by atoms with Gasteiger partial charge in [-0.3, -0.25) is 0 Å². The Morgan fingerprint density at radius 1 is 0.903 bits per heavy atom. The van der Waals surface area contributed by atoms with Crippen LogP contribution in [0.25, 0.3) is 10.8 Å². The van der Waals surface area contributed by atoms with E-state index in [9.17, 15) is 0 Å². The number of ether oxygens (including phenoxy) is 1. The third kappa shape index (κ3) is 4.41. The van der Waals surface area contributed by atoms with Crippen molar-refractivity contribution in [3.05, 3.63) is 72.6 Å². The van der Waals surface area contributed by atoms with Gasteiger partial charge in [0.15, 0.2) is 0 Å². The maximum atomic E-state index is 5.43. The lowest BCUT2D eigenvalue weighted by atomic mass is 10.1. The van der Waals surface area contributed by atoms with E-state index in [0.29, 0.717) is 5.95 Å². The van der Waals surface area contributed by atoms with E-state index in [1.54, 1.807) is 6.20 Å². The van der Waals surface area contributed by atoms with Crippen molar-refractivity contribution < 1.29 is 4.74 Å². The molecule has 2 aromatic carbocycles. The normalized spacial score (nSPS) is 13.9.